The predicted octanol–water partition coefficient (Wildman–Crippen LogP) is 5.55. The molecule has 5 aliphatic rings. The molecule has 0 unspecified atom stereocenters. The molecule has 0 radical (unpaired) electrons. The van der Waals surface area contributed by atoms with E-state index < -0.39 is 0 Å². The van der Waals surface area contributed by atoms with Gasteiger partial charge in [0.25, 0.3) is 0 Å². The fraction of sp³-hybridized carbons (Fsp3) is 0.857. The molecule has 1 spiro atoms. The Kier molecular flexibility index (Phi) is 3.77. The highest BCUT2D eigenvalue weighted by molar-refractivity contribution is 8.21. The number of fused-ring (bicyclic) bond motifs is 5. The van der Waals surface area contributed by atoms with Gasteiger partial charge in [-0.2, -0.15) is 0 Å². The van der Waals surface area contributed by atoms with E-state index in [-0.39, 0.29) is 5.41 Å². The van der Waals surface area contributed by atoms with Crippen LogP contribution in [0.15, 0.2) is 11.6 Å². The van der Waals surface area contributed by atoms with Gasteiger partial charge in [0, 0.05) is 23.3 Å². The minimum absolute atomic E-state index is 0.0314. The van der Waals surface area contributed by atoms with Crippen molar-refractivity contribution in [3.05, 3.63) is 11.6 Å². The first-order valence-corrected chi connectivity index (χ1v) is 12.0. The molecule has 24 heavy (non-hydrogen) atoms. The Morgan fingerprint density at radius 3 is 2.71 bits per heavy atom. The van der Waals surface area contributed by atoms with Crippen molar-refractivity contribution in [2.45, 2.75) is 62.9 Å². The Bertz CT molecular complexity index is 591. The van der Waals surface area contributed by atoms with Gasteiger partial charge in [0.05, 0.1) is 4.08 Å². The molecule has 4 aliphatic carbocycles. The summed E-state index contributed by atoms with van der Waals surface area (Å²) in [6.45, 7) is 4.81. The number of rotatable bonds is 0. The molecule has 6 atom stereocenters. The molecule has 3 saturated carbocycles. The number of allylic oxidation sites excluding steroid dienone is 1. The number of Topliss-reactive ketones (excluding diaryl/α,β-unsaturated/α-hetero) is 1. The minimum atomic E-state index is 0.0314. The zero-order chi connectivity index (χ0) is 16.5. The maximum Gasteiger partial charge on any atom is 0.139 e. The molecule has 0 N–H and O–H groups in total. The Hall–Kier alpha value is 0.110. The van der Waals surface area contributed by atoms with E-state index in [9.17, 15) is 4.79 Å². The van der Waals surface area contributed by atoms with Crippen LogP contribution in [0.25, 0.3) is 0 Å². The molecule has 0 bridgehead atoms. The number of carbonyl (C=O) groups is 1. The highest BCUT2D eigenvalue weighted by Crippen LogP contribution is 2.64. The van der Waals surface area contributed by atoms with E-state index in [0.717, 1.165) is 30.1 Å². The summed E-state index contributed by atoms with van der Waals surface area (Å²) in [6.07, 6.45) is 11.4. The number of hydrogen-bond acceptors (Lipinski definition) is 3. The quantitative estimate of drug-likeness (QED) is 0.526. The van der Waals surface area contributed by atoms with Crippen LogP contribution in [0, 0.1) is 35.0 Å². The molecule has 1 nitrogen and oxygen atoms in total. The van der Waals surface area contributed by atoms with Gasteiger partial charge in [-0.05, 0) is 68.1 Å². The van der Waals surface area contributed by atoms with Crippen LogP contribution in [-0.4, -0.2) is 21.4 Å². The number of ketones is 1. The van der Waals surface area contributed by atoms with Gasteiger partial charge in [0.2, 0.25) is 0 Å². The Morgan fingerprint density at radius 2 is 1.92 bits per heavy atom. The molecule has 1 aliphatic heterocycles. The zero-order valence-corrected chi connectivity index (χ0v) is 16.7. The lowest BCUT2D eigenvalue weighted by molar-refractivity contribution is -0.132. The molecule has 1 heterocycles. The average molecular weight is 363 g/mol. The minimum Gasteiger partial charge on any atom is -0.299 e. The van der Waals surface area contributed by atoms with Gasteiger partial charge in [-0.15, -0.1) is 23.5 Å². The van der Waals surface area contributed by atoms with Crippen molar-refractivity contribution in [2.24, 2.45) is 35.0 Å². The van der Waals surface area contributed by atoms with Crippen molar-refractivity contribution >= 4 is 29.3 Å². The van der Waals surface area contributed by atoms with Crippen molar-refractivity contribution in [3.8, 4) is 0 Å². The molecular formula is C21H30OS2. The monoisotopic (exact) mass is 362 g/mol. The van der Waals surface area contributed by atoms with Crippen LogP contribution in [-0.2, 0) is 4.79 Å². The standard InChI is InChI=1S/C21H30OS2/c1-13-11-14-12-21(23-9-10-24-21)8-6-15(14)16-5-7-20(2)17(19(13)16)3-4-18(20)22/h12-13,15-17,19H,3-11H2,1-2H3/t13-,15+,16-,17+,19-,20+/m1/s1. The molecule has 0 aromatic carbocycles. The first-order chi connectivity index (χ1) is 11.5. The van der Waals surface area contributed by atoms with Crippen LogP contribution in [0.4, 0.5) is 0 Å². The second-order valence-electron chi connectivity index (χ2n) is 9.32. The first-order valence-electron chi connectivity index (χ1n) is 10.1. The fourth-order valence-electron chi connectivity index (χ4n) is 7.19. The largest absolute Gasteiger partial charge is 0.299 e. The molecule has 3 heteroatoms. The summed E-state index contributed by atoms with van der Waals surface area (Å²) in [5.41, 5.74) is 1.84. The van der Waals surface area contributed by atoms with Gasteiger partial charge < -0.3 is 0 Å². The van der Waals surface area contributed by atoms with Crippen molar-refractivity contribution in [2.75, 3.05) is 11.5 Å². The summed E-state index contributed by atoms with van der Waals surface area (Å²) >= 11 is 4.42. The summed E-state index contributed by atoms with van der Waals surface area (Å²) in [5, 5.41) is 0. The summed E-state index contributed by atoms with van der Waals surface area (Å²) in [6, 6.07) is 0. The maximum atomic E-state index is 12.5. The SMILES string of the molecule is C[C@@H]1CC2=CC3(CC[C@@H]2[C@H]2CC[C@]4(C)C(=O)CC[C@H]4[C@@H]21)SCCS3. The second-order valence-corrected chi connectivity index (χ2v) is 12.4. The van der Waals surface area contributed by atoms with E-state index in [1.165, 1.54) is 50.0 Å². The van der Waals surface area contributed by atoms with Crippen molar-refractivity contribution in [1.82, 2.24) is 0 Å². The Labute approximate surface area is 155 Å². The smallest absolute Gasteiger partial charge is 0.139 e. The lowest BCUT2D eigenvalue weighted by Gasteiger charge is -2.55. The van der Waals surface area contributed by atoms with E-state index in [1.807, 2.05) is 5.57 Å². The lowest BCUT2D eigenvalue weighted by Crippen LogP contribution is -2.49. The Morgan fingerprint density at radius 1 is 1.12 bits per heavy atom. The third-order valence-electron chi connectivity index (χ3n) is 8.29. The molecule has 1 saturated heterocycles. The predicted molar refractivity (Wildman–Crippen MR) is 104 cm³/mol. The lowest BCUT2D eigenvalue weighted by atomic mass is 9.50. The number of thioether (sulfide) groups is 2. The third kappa shape index (κ3) is 2.19. The topological polar surface area (TPSA) is 17.1 Å². The van der Waals surface area contributed by atoms with E-state index >= 15 is 0 Å². The van der Waals surface area contributed by atoms with Gasteiger partial charge in [0.1, 0.15) is 5.78 Å². The summed E-state index contributed by atoms with van der Waals surface area (Å²) in [7, 11) is 0. The summed E-state index contributed by atoms with van der Waals surface area (Å²) < 4.78 is 0.435. The summed E-state index contributed by atoms with van der Waals surface area (Å²) in [4.78, 5) is 12.5. The van der Waals surface area contributed by atoms with Crippen LogP contribution < -0.4 is 0 Å². The Balaban J connectivity index is 1.47. The van der Waals surface area contributed by atoms with Gasteiger partial charge in [-0.25, -0.2) is 0 Å². The van der Waals surface area contributed by atoms with E-state index in [1.54, 1.807) is 0 Å². The van der Waals surface area contributed by atoms with Crippen molar-refractivity contribution < 1.29 is 4.79 Å². The van der Waals surface area contributed by atoms with Crippen LogP contribution in [0.1, 0.15) is 58.8 Å². The molecule has 0 aromatic heterocycles. The van der Waals surface area contributed by atoms with Crippen molar-refractivity contribution in [1.29, 1.82) is 0 Å². The van der Waals surface area contributed by atoms with Crippen LogP contribution >= 0.6 is 23.5 Å². The third-order valence-corrected chi connectivity index (χ3v) is 11.7. The zero-order valence-electron chi connectivity index (χ0n) is 15.1. The number of hydrogen-bond donors (Lipinski definition) is 0. The molecule has 0 amide bonds. The van der Waals surface area contributed by atoms with Crippen molar-refractivity contribution in [3.63, 3.8) is 0 Å². The van der Waals surface area contributed by atoms with Gasteiger partial charge in [-0.3, -0.25) is 4.79 Å². The van der Waals surface area contributed by atoms with E-state index in [2.05, 4.69) is 43.4 Å². The molecule has 132 valence electrons. The van der Waals surface area contributed by atoms with Gasteiger partial charge >= 0.3 is 0 Å². The highest BCUT2D eigenvalue weighted by atomic mass is 32.2. The first kappa shape index (κ1) is 16.3. The molecule has 4 fully saturated rings. The average Bonchev–Trinajstić information content (AvgIpc) is 3.12. The molecular weight excluding hydrogens is 332 g/mol. The molecule has 0 aromatic rings. The van der Waals surface area contributed by atoms with E-state index in [0.29, 0.717) is 15.8 Å². The van der Waals surface area contributed by atoms with Gasteiger partial charge in [-0.1, -0.05) is 25.5 Å². The summed E-state index contributed by atoms with van der Waals surface area (Å²) in [5.74, 6) is 7.26. The normalized spacial score (nSPS) is 49.5. The van der Waals surface area contributed by atoms with E-state index in [4.69, 9.17) is 0 Å². The molecule has 5 rings (SSSR count). The second kappa shape index (κ2) is 5.55. The van der Waals surface area contributed by atoms with Crippen LogP contribution in [0.5, 0.6) is 0 Å². The fourth-order valence-corrected chi connectivity index (χ4v) is 10.4. The van der Waals surface area contributed by atoms with Crippen LogP contribution in [0.2, 0.25) is 0 Å². The number of carbonyl (C=O) groups excluding carboxylic acids is 1. The highest BCUT2D eigenvalue weighted by Gasteiger charge is 2.58. The van der Waals surface area contributed by atoms with Gasteiger partial charge in [0.15, 0.2) is 0 Å². The van der Waals surface area contributed by atoms with Crippen LogP contribution in [0.3, 0.4) is 0 Å². The maximum absolute atomic E-state index is 12.5.